The molecule has 0 amide bonds. The van der Waals surface area contributed by atoms with E-state index in [0.717, 1.165) is 25.7 Å². The first kappa shape index (κ1) is 17.2. The van der Waals surface area contributed by atoms with Crippen LogP contribution in [0.3, 0.4) is 0 Å². The quantitative estimate of drug-likeness (QED) is 0.814. The first-order valence-corrected chi connectivity index (χ1v) is 9.08. The van der Waals surface area contributed by atoms with Crippen LogP contribution in [0.15, 0.2) is 0 Å². The van der Waals surface area contributed by atoms with Crippen LogP contribution < -0.4 is 5.32 Å². The Morgan fingerprint density at radius 1 is 1.29 bits per heavy atom. The summed E-state index contributed by atoms with van der Waals surface area (Å²) in [6.07, 6.45) is 9.21. The Morgan fingerprint density at radius 3 is 2.67 bits per heavy atom. The van der Waals surface area contributed by atoms with Crippen molar-refractivity contribution in [2.45, 2.75) is 70.4 Å². The van der Waals surface area contributed by atoms with Crippen molar-refractivity contribution in [3.05, 3.63) is 0 Å². The van der Waals surface area contributed by atoms with Crippen LogP contribution in [-0.2, 0) is 4.74 Å². The van der Waals surface area contributed by atoms with Crippen molar-refractivity contribution in [1.29, 1.82) is 0 Å². The molecule has 124 valence electrons. The number of hydrogen-bond donors (Lipinski definition) is 1. The van der Waals surface area contributed by atoms with Crippen LogP contribution in [0.25, 0.3) is 0 Å². The fourth-order valence-electron chi connectivity index (χ4n) is 4.65. The highest BCUT2D eigenvalue weighted by atomic mass is 16.5. The number of ether oxygens (including phenoxy) is 1. The highest BCUT2D eigenvalue weighted by Crippen LogP contribution is 2.41. The Kier molecular flexibility index (Phi) is 6.51. The lowest BCUT2D eigenvalue weighted by Crippen LogP contribution is -2.64. The molecule has 1 heterocycles. The average Bonchev–Trinajstić information content (AvgIpc) is 2.48. The third-order valence-electron chi connectivity index (χ3n) is 5.76. The van der Waals surface area contributed by atoms with Gasteiger partial charge in [-0.15, -0.1) is 0 Å². The fourth-order valence-corrected chi connectivity index (χ4v) is 4.65. The molecule has 1 saturated heterocycles. The van der Waals surface area contributed by atoms with E-state index in [1.54, 1.807) is 0 Å². The molecule has 0 bridgehead atoms. The van der Waals surface area contributed by atoms with Crippen molar-refractivity contribution in [3.63, 3.8) is 0 Å². The lowest BCUT2D eigenvalue weighted by molar-refractivity contribution is -0.0292. The van der Waals surface area contributed by atoms with Gasteiger partial charge in [0.05, 0.1) is 6.61 Å². The van der Waals surface area contributed by atoms with Crippen LogP contribution in [0.4, 0.5) is 0 Å². The van der Waals surface area contributed by atoms with E-state index >= 15 is 0 Å². The number of likely N-dealkylation sites (N-methyl/N-ethyl adjacent to an activating group) is 1. The summed E-state index contributed by atoms with van der Waals surface area (Å²) in [6.45, 7) is 7.75. The topological polar surface area (TPSA) is 24.5 Å². The zero-order chi connectivity index (χ0) is 15.3. The molecule has 2 aliphatic rings. The zero-order valence-corrected chi connectivity index (χ0v) is 14.7. The molecule has 0 spiro atoms. The summed E-state index contributed by atoms with van der Waals surface area (Å²) in [7, 11) is 4.59. The fraction of sp³-hybridized carbons (Fsp3) is 1.00. The number of nitrogens with zero attached hydrogens (tertiary/aromatic N) is 1. The van der Waals surface area contributed by atoms with Gasteiger partial charge in [0.25, 0.3) is 0 Å². The minimum Gasteiger partial charge on any atom is -0.381 e. The van der Waals surface area contributed by atoms with Gasteiger partial charge in [-0.3, -0.25) is 0 Å². The molecule has 1 saturated carbocycles. The Balaban J connectivity index is 2.20. The van der Waals surface area contributed by atoms with E-state index in [1.165, 1.54) is 44.9 Å². The Morgan fingerprint density at radius 2 is 2.10 bits per heavy atom. The van der Waals surface area contributed by atoms with Crippen LogP contribution in [0.1, 0.15) is 58.8 Å². The second-order valence-corrected chi connectivity index (χ2v) is 7.61. The lowest BCUT2D eigenvalue weighted by atomic mass is 9.67. The van der Waals surface area contributed by atoms with Gasteiger partial charge >= 0.3 is 0 Å². The highest BCUT2D eigenvalue weighted by Gasteiger charge is 2.46. The third-order valence-corrected chi connectivity index (χ3v) is 5.76. The molecule has 21 heavy (non-hydrogen) atoms. The molecule has 4 atom stereocenters. The van der Waals surface area contributed by atoms with E-state index in [2.05, 4.69) is 38.2 Å². The van der Waals surface area contributed by atoms with Crippen LogP contribution in [0.2, 0.25) is 0 Å². The molecular formula is C18H36N2O. The molecule has 3 nitrogen and oxygen atoms in total. The van der Waals surface area contributed by atoms with Gasteiger partial charge in [0, 0.05) is 18.2 Å². The Hall–Kier alpha value is -0.120. The summed E-state index contributed by atoms with van der Waals surface area (Å²) >= 11 is 0. The average molecular weight is 296 g/mol. The largest absolute Gasteiger partial charge is 0.381 e. The first-order valence-electron chi connectivity index (χ1n) is 9.08. The summed E-state index contributed by atoms with van der Waals surface area (Å²) < 4.78 is 5.83. The normalized spacial score (nSPS) is 35.9. The highest BCUT2D eigenvalue weighted by molar-refractivity contribution is 5.04. The summed E-state index contributed by atoms with van der Waals surface area (Å²) in [5.74, 6) is 1.52. The molecule has 4 unspecified atom stereocenters. The maximum absolute atomic E-state index is 5.83. The van der Waals surface area contributed by atoms with Crippen LogP contribution in [-0.4, -0.2) is 50.3 Å². The standard InChI is InChI=1S/C18H36N2O/c1-5-11-19-17(16-9-7-12-21-14-16)18(20(3)4)10-6-8-15(2)13-18/h15-17,19H,5-14H2,1-4H3. The maximum atomic E-state index is 5.83. The van der Waals surface area contributed by atoms with Gasteiger partial charge in [-0.2, -0.15) is 0 Å². The van der Waals surface area contributed by atoms with Crippen LogP contribution in [0.5, 0.6) is 0 Å². The summed E-state index contributed by atoms with van der Waals surface area (Å²) in [5, 5.41) is 3.93. The predicted octanol–water partition coefficient (Wildman–Crippen LogP) is 3.29. The Bertz CT molecular complexity index is 302. The molecule has 1 N–H and O–H groups in total. The monoisotopic (exact) mass is 296 g/mol. The first-order chi connectivity index (χ1) is 10.1. The van der Waals surface area contributed by atoms with Gasteiger partial charge in [-0.25, -0.2) is 0 Å². The van der Waals surface area contributed by atoms with E-state index in [1.807, 2.05) is 0 Å². The van der Waals surface area contributed by atoms with Crippen molar-refractivity contribution >= 4 is 0 Å². The van der Waals surface area contributed by atoms with Crippen molar-refractivity contribution in [2.75, 3.05) is 33.9 Å². The maximum Gasteiger partial charge on any atom is 0.0509 e. The molecule has 1 aliphatic carbocycles. The van der Waals surface area contributed by atoms with Gasteiger partial charge in [0.1, 0.15) is 0 Å². The van der Waals surface area contributed by atoms with Crippen molar-refractivity contribution < 1.29 is 4.74 Å². The van der Waals surface area contributed by atoms with Crippen molar-refractivity contribution in [3.8, 4) is 0 Å². The molecular weight excluding hydrogens is 260 g/mol. The number of rotatable bonds is 6. The van der Waals surface area contributed by atoms with Gasteiger partial charge in [-0.05, 0) is 64.6 Å². The minimum absolute atomic E-state index is 0.318. The zero-order valence-electron chi connectivity index (χ0n) is 14.7. The van der Waals surface area contributed by atoms with Gasteiger partial charge in [0.15, 0.2) is 0 Å². The van der Waals surface area contributed by atoms with Crippen LogP contribution in [0, 0.1) is 11.8 Å². The van der Waals surface area contributed by atoms with Gasteiger partial charge < -0.3 is 15.0 Å². The second kappa shape index (κ2) is 7.94. The molecule has 1 aliphatic heterocycles. The van der Waals surface area contributed by atoms with E-state index in [4.69, 9.17) is 4.74 Å². The third kappa shape index (κ3) is 4.00. The predicted molar refractivity (Wildman–Crippen MR) is 89.7 cm³/mol. The molecule has 2 rings (SSSR count). The van der Waals surface area contributed by atoms with E-state index < -0.39 is 0 Å². The minimum atomic E-state index is 0.318. The van der Waals surface area contributed by atoms with Crippen molar-refractivity contribution in [1.82, 2.24) is 10.2 Å². The molecule has 2 fully saturated rings. The van der Waals surface area contributed by atoms with Gasteiger partial charge in [0.2, 0.25) is 0 Å². The Labute approximate surface area is 131 Å². The number of hydrogen-bond acceptors (Lipinski definition) is 3. The molecule has 3 heteroatoms. The van der Waals surface area contributed by atoms with Gasteiger partial charge in [-0.1, -0.05) is 26.7 Å². The molecule has 0 radical (unpaired) electrons. The smallest absolute Gasteiger partial charge is 0.0509 e. The molecule has 0 aromatic heterocycles. The summed E-state index contributed by atoms with van der Waals surface area (Å²) in [5.41, 5.74) is 0.318. The SMILES string of the molecule is CCCNC(C1CCCOC1)C1(N(C)C)CCCC(C)C1. The van der Waals surface area contributed by atoms with E-state index in [-0.39, 0.29) is 0 Å². The van der Waals surface area contributed by atoms with Crippen LogP contribution >= 0.6 is 0 Å². The summed E-state index contributed by atoms with van der Waals surface area (Å²) in [6, 6.07) is 0.579. The lowest BCUT2D eigenvalue weighted by Gasteiger charge is -2.53. The molecule has 0 aromatic carbocycles. The van der Waals surface area contributed by atoms with E-state index in [0.29, 0.717) is 17.5 Å². The van der Waals surface area contributed by atoms with E-state index in [9.17, 15) is 0 Å². The molecule has 0 aromatic rings. The van der Waals surface area contributed by atoms with Crippen molar-refractivity contribution in [2.24, 2.45) is 11.8 Å². The number of nitrogens with one attached hydrogen (secondary N) is 1. The summed E-state index contributed by atoms with van der Waals surface area (Å²) in [4.78, 5) is 2.53. The second-order valence-electron chi connectivity index (χ2n) is 7.61.